The molecule has 0 aliphatic rings. The van der Waals surface area contributed by atoms with Crippen LogP contribution in [0.15, 0.2) is 51.7 Å². The van der Waals surface area contributed by atoms with Gasteiger partial charge in [-0.25, -0.2) is 4.79 Å². The van der Waals surface area contributed by atoms with Crippen LogP contribution in [0.1, 0.15) is 11.1 Å². The van der Waals surface area contributed by atoms with Crippen LogP contribution in [0.25, 0.3) is 11.0 Å². The summed E-state index contributed by atoms with van der Waals surface area (Å²) in [6.45, 7) is 0. The van der Waals surface area contributed by atoms with E-state index in [0.29, 0.717) is 29.0 Å². The fourth-order valence-electron chi connectivity index (χ4n) is 2.44. The van der Waals surface area contributed by atoms with E-state index in [1.54, 1.807) is 30.3 Å². The van der Waals surface area contributed by atoms with Gasteiger partial charge in [-0.05, 0) is 48.7 Å². The third-order valence-electron chi connectivity index (χ3n) is 3.66. The maximum absolute atomic E-state index is 12.0. The predicted molar refractivity (Wildman–Crippen MR) is 93.0 cm³/mol. The lowest BCUT2D eigenvalue weighted by molar-refractivity contribution is -0.384. The maximum Gasteiger partial charge on any atom is 0.339 e. The second kappa shape index (κ2) is 6.63. The lowest BCUT2D eigenvalue weighted by Gasteiger charge is -2.04. The zero-order valence-electron chi connectivity index (χ0n) is 12.3. The standard InChI is InChI=1S/C17H11Cl2NO4/c18-13-4-6-16-12(9-13)8-11(17(21)24-16)3-1-10-2-5-14(19)15(7-10)20(22)23/h2,4-9H,1,3H2. The fraction of sp³-hybridized carbons (Fsp3) is 0.118. The highest BCUT2D eigenvalue weighted by molar-refractivity contribution is 6.32. The quantitative estimate of drug-likeness (QED) is 0.379. The summed E-state index contributed by atoms with van der Waals surface area (Å²) >= 11 is 11.7. The molecule has 7 heteroatoms. The Hall–Kier alpha value is -2.37. The monoisotopic (exact) mass is 363 g/mol. The van der Waals surface area contributed by atoms with E-state index in [1.807, 2.05) is 0 Å². The molecule has 0 saturated heterocycles. The first-order valence-electron chi connectivity index (χ1n) is 7.09. The van der Waals surface area contributed by atoms with Crippen LogP contribution in [0.4, 0.5) is 5.69 Å². The van der Waals surface area contributed by atoms with Gasteiger partial charge in [0.2, 0.25) is 0 Å². The van der Waals surface area contributed by atoms with Crippen molar-refractivity contribution >= 4 is 39.9 Å². The molecule has 122 valence electrons. The first-order chi connectivity index (χ1) is 11.4. The highest BCUT2D eigenvalue weighted by Crippen LogP contribution is 2.26. The van der Waals surface area contributed by atoms with Crippen LogP contribution in [0.3, 0.4) is 0 Å². The topological polar surface area (TPSA) is 73.3 Å². The van der Waals surface area contributed by atoms with Crippen LogP contribution in [0.5, 0.6) is 0 Å². The number of nitro groups is 1. The van der Waals surface area contributed by atoms with Crippen molar-refractivity contribution in [2.75, 3.05) is 0 Å². The van der Waals surface area contributed by atoms with Gasteiger partial charge in [0, 0.05) is 22.0 Å². The van der Waals surface area contributed by atoms with E-state index in [-0.39, 0.29) is 10.7 Å². The third-order valence-corrected chi connectivity index (χ3v) is 4.21. The summed E-state index contributed by atoms with van der Waals surface area (Å²) in [5.74, 6) is 0. The van der Waals surface area contributed by atoms with Gasteiger partial charge >= 0.3 is 5.63 Å². The Morgan fingerprint density at radius 2 is 1.83 bits per heavy atom. The van der Waals surface area contributed by atoms with Crippen LogP contribution in [-0.4, -0.2) is 4.92 Å². The molecule has 0 unspecified atom stereocenters. The van der Waals surface area contributed by atoms with Crippen LogP contribution >= 0.6 is 23.2 Å². The fourth-order valence-corrected chi connectivity index (χ4v) is 2.81. The number of benzene rings is 2. The molecule has 1 heterocycles. The molecule has 0 spiro atoms. The Morgan fingerprint density at radius 1 is 1.04 bits per heavy atom. The van der Waals surface area contributed by atoms with E-state index in [1.165, 1.54) is 12.1 Å². The predicted octanol–water partition coefficient (Wildman–Crippen LogP) is 4.79. The number of fused-ring (bicyclic) bond motifs is 1. The SMILES string of the molecule is O=c1oc2ccc(Cl)cc2cc1CCc1ccc(Cl)c([N+](=O)[O-])c1. The lowest BCUT2D eigenvalue weighted by atomic mass is 10.0. The number of halogens is 2. The molecule has 0 radical (unpaired) electrons. The summed E-state index contributed by atoms with van der Waals surface area (Å²) in [5, 5.41) is 12.3. The maximum atomic E-state index is 12.0. The smallest absolute Gasteiger partial charge is 0.339 e. The zero-order valence-corrected chi connectivity index (χ0v) is 13.8. The van der Waals surface area contributed by atoms with Gasteiger partial charge in [0.05, 0.1) is 4.92 Å². The Kier molecular flexibility index (Phi) is 4.55. The van der Waals surface area contributed by atoms with Gasteiger partial charge < -0.3 is 4.42 Å². The molecular weight excluding hydrogens is 353 g/mol. The molecular formula is C17H11Cl2NO4. The molecule has 0 atom stereocenters. The summed E-state index contributed by atoms with van der Waals surface area (Å²) in [6, 6.07) is 11.4. The minimum Gasteiger partial charge on any atom is -0.423 e. The number of nitrogens with zero attached hydrogens (tertiary/aromatic N) is 1. The third kappa shape index (κ3) is 3.42. The van der Waals surface area contributed by atoms with Crippen LogP contribution in [0.2, 0.25) is 10.0 Å². The highest BCUT2D eigenvalue weighted by atomic mass is 35.5. The Balaban J connectivity index is 1.88. The van der Waals surface area contributed by atoms with Gasteiger partial charge in [-0.3, -0.25) is 10.1 Å². The molecule has 0 saturated carbocycles. The van der Waals surface area contributed by atoms with Gasteiger partial charge in [-0.15, -0.1) is 0 Å². The van der Waals surface area contributed by atoms with Gasteiger partial charge in [-0.2, -0.15) is 0 Å². The number of aryl methyl sites for hydroxylation is 2. The van der Waals surface area contributed by atoms with Crippen molar-refractivity contribution in [3.63, 3.8) is 0 Å². The van der Waals surface area contributed by atoms with E-state index in [9.17, 15) is 14.9 Å². The van der Waals surface area contributed by atoms with Crippen LogP contribution in [0, 0.1) is 10.1 Å². The summed E-state index contributed by atoms with van der Waals surface area (Å²) in [6.07, 6.45) is 0.846. The molecule has 3 rings (SSSR count). The van der Waals surface area contributed by atoms with Crippen molar-refractivity contribution in [1.29, 1.82) is 0 Å². The summed E-state index contributed by atoms with van der Waals surface area (Å²) in [4.78, 5) is 22.4. The average molecular weight is 364 g/mol. The molecule has 0 amide bonds. The second-order valence-corrected chi connectivity index (χ2v) is 6.13. The molecule has 0 fully saturated rings. The number of hydrogen-bond acceptors (Lipinski definition) is 4. The van der Waals surface area contributed by atoms with E-state index in [2.05, 4.69) is 0 Å². The summed E-state index contributed by atoms with van der Waals surface area (Å²) < 4.78 is 5.27. The zero-order chi connectivity index (χ0) is 17.3. The number of hydrogen-bond donors (Lipinski definition) is 0. The molecule has 1 aromatic heterocycles. The molecule has 0 N–H and O–H groups in total. The Labute approximate surface area is 146 Å². The molecule has 0 aliphatic heterocycles. The van der Waals surface area contributed by atoms with E-state index in [0.717, 1.165) is 10.9 Å². The minimum absolute atomic E-state index is 0.0867. The molecule has 5 nitrogen and oxygen atoms in total. The number of nitro benzene ring substituents is 1. The average Bonchev–Trinajstić information content (AvgIpc) is 2.54. The molecule has 3 aromatic rings. The minimum atomic E-state index is -0.530. The van der Waals surface area contributed by atoms with Crippen LogP contribution in [-0.2, 0) is 12.8 Å². The molecule has 0 aliphatic carbocycles. The molecule has 0 bridgehead atoms. The first kappa shape index (κ1) is 16.5. The van der Waals surface area contributed by atoms with Crippen molar-refractivity contribution in [1.82, 2.24) is 0 Å². The van der Waals surface area contributed by atoms with Gasteiger partial charge in [0.25, 0.3) is 5.69 Å². The summed E-state index contributed by atoms with van der Waals surface area (Å²) in [5.41, 5.74) is 1.11. The van der Waals surface area contributed by atoms with Gasteiger partial charge in [0.15, 0.2) is 0 Å². The Bertz CT molecular complexity index is 998. The van der Waals surface area contributed by atoms with Crippen molar-refractivity contribution in [2.24, 2.45) is 0 Å². The highest BCUT2D eigenvalue weighted by Gasteiger charge is 2.13. The number of rotatable bonds is 4. The van der Waals surface area contributed by atoms with E-state index in [4.69, 9.17) is 27.6 Å². The normalized spacial score (nSPS) is 10.9. The molecule has 24 heavy (non-hydrogen) atoms. The van der Waals surface area contributed by atoms with E-state index >= 15 is 0 Å². The van der Waals surface area contributed by atoms with Crippen LogP contribution < -0.4 is 5.63 Å². The van der Waals surface area contributed by atoms with Crippen molar-refractivity contribution in [3.8, 4) is 0 Å². The molecule has 2 aromatic carbocycles. The largest absolute Gasteiger partial charge is 0.423 e. The first-order valence-corrected chi connectivity index (χ1v) is 7.85. The van der Waals surface area contributed by atoms with Crippen molar-refractivity contribution in [3.05, 3.63) is 84.2 Å². The summed E-state index contributed by atoms with van der Waals surface area (Å²) in [7, 11) is 0. The van der Waals surface area contributed by atoms with Crippen molar-refractivity contribution in [2.45, 2.75) is 12.8 Å². The Morgan fingerprint density at radius 3 is 2.58 bits per heavy atom. The van der Waals surface area contributed by atoms with Gasteiger partial charge in [-0.1, -0.05) is 29.3 Å². The lowest BCUT2D eigenvalue weighted by Crippen LogP contribution is -2.08. The van der Waals surface area contributed by atoms with Gasteiger partial charge in [0.1, 0.15) is 10.6 Å². The van der Waals surface area contributed by atoms with E-state index < -0.39 is 10.5 Å². The van der Waals surface area contributed by atoms with Crippen molar-refractivity contribution < 1.29 is 9.34 Å². The second-order valence-electron chi connectivity index (χ2n) is 5.28.